The second kappa shape index (κ2) is 7.26. The number of nitrogens with one attached hydrogen (secondary N) is 1. The van der Waals surface area contributed by atoms with Gasteiger partial charge in [0.05, 0.1) is 11.9 Å². The SMILES string of the molecule is CCCn1c2ccccc2c2cnn(CC(=O)Nc3ccccc3F)c(=O)c21. The number of carbonyl (C=O) groups excluding carboxylic acids is 1. The molecule has 6 nitrogen and oxygen atoms in total. The number of para-hydroxylation sites is 2. The average Bonchev–Trinajstić information content (AvgIpc) is 3.01. The number of benzene rings is 2. The maximum Gasteiger partial charge on any atom is 0.291 e. The molecule has 4 aromatic rings. The largest absolute Gasteiger partial charge is 0.336 e. The van der Waals surface area contributed by atoms with Crippen molar-refractivity contribution in [2.45, 2.75) is 26.4 Å². The third-order valence-corrected chi connectivity index (χ3v) is 4.66. The Hall–Kier alpha value is -3.48. The average molecular weight is 378 g/mol. The van der Waals surface area contributed by atoms with Gasteiger partial charge in [0, 0.05) is 22.8 Å². The lowest BCUT2D eigenvalue weighted by Crippen LogP contribution is -2.30. The standard InChI is InChI=1S/C21H19FN4O2/c1-2-11-25-18-10-6-3-7-14(18)15-12-23-26(21(28)20(15)25)13-19(27)24-17-9-5-4-8-16(17)22/h3-10,12H,2,11,13H2,1H3,(H,24,27). The molecule has 0 atom stereocenters. The highest BCUT2D eigenvalue weighted by Gasteiger charge is 2.17. The van der Waals surface area contributed by atoms with Gasteiger partial charge in [-0.15, -0.1) is 0 Å². The quantitative estimate of drug-likeness (QED) is 0.578. The van der Waals surface area contributed by atoms with Crippen LogP contribution in [0.15, 0.2) is 59.5 Å². The van der Waals surface area contributed by atoms with Gasteiger partial charge in [0.1, 0.15) is 17.9 Å². The number of aryl methyl sites for hydroxylation is 1. The molecule has 0 aliphatic carbocycles. The summed E-state index contributed by atoms with van der Waals surface area (Å²) in [7, 11) is 0. The zero-order valence-corrected chi connectivity index (χ0v) is 15.4. The first-order valence-corrected chi connectivity index (χ1v) is 9.11. The smallest absolute Gasteiger partial charge is 0.291 e. The molecular weight excluding hydrogens is 359 g/mol. The lowest BCUT2D eigenvalue weighted by atomic mass is 10.2. The van der Waals surface area contributed by atoms with Gasteiger partial charge < -0.3 is 9.88 Å². The third kappa shape index (κ3) is 3.05. The van der Waals surface area contributed by atoms with Crippen molar-refractivity contribution in [3.8, 4) is 0 Å². The van der Waals surface area contributed by atoms with E-state index < -0.39 is 11.7 Å². The minimum atomic E-state index is -0.533. The van der Waals surface area contributed by atoms with E-state index in [2.05, 4.69) is 10.4 Å². The van der Waals surface area contributed by atoms with Crippen molar-refractivity contribution in [3.05, 3.63) is 70.9 Å². The summed E-state index contributed by atoms with van der Waals surface area (Å²) in [4.78, 5) is 25.4. The van der Waals surface area contributed by atoms with Crippen LogP contribution in [0.2, 0.25) is 0 Å². The highest BCUT2D eigenvalue weighted by atomic mass is 19.1. The van der Waals surface area contributed by atoms with Crippen LogP contribution in [0, 0.1) is 5.82 Å². The van der Waals surface area contributed by atoms with Crippen LogP contribution in [0.5, 0.6) is 0 Å². The van der Waals surface area contributed by atoms with E-state index in [-0.39, 0.29) is 17.8 Å². The fourth-order valence-electron chi connectivity index (χ4n) is 3.45. The summed E-state index contributed by atoms with van der Waals surface area (Å²) >= 11 is 0. The molecule has 2 aromatic heterocycles. The van der Waals surface area contributed by atoms with Crippen molar-refractivity contribution in [3.63, 3.8) is 0 Å². The number of anilines is 1. The molecule has 0 saturated carbocycles. The number of hydrogen-bond acceptors (Lipinski definition) is 3. The molecule has 28 heavy (non-hydrogen) atoms. The molecule has 0 aliphatic rings. The maximum atomic E-state index is 13.7. The van der Waals surface area contributed by atoms with Crippen molar-refractivity contribution in [2.75, 3.05) is 5.32 Å². The van der Waals surface area contributed by atoms with Crippen LogP contribution in [0.1, 0.15) is 13.3 Å². The Morgan fingerprint density at radius 1 is 1.11 bits per heavy atom. The van der Waals surface area contributed by atoms with Gasteiger partial charge in [0.15, 0.2) is 0 Å². The predicted octanol–water partition coefficient (Wildman–Crippen LogP) is 3.54. The lowest BCUT2D eigenvalue weighted by molar-refractivity contribution is -0.117. The molecule has 0 radical (unpaired) electrons. The van der Waals surface area contributed by atoms with Crippen LogP contribution in [0.3, 0.4) is 0 Å². The minimum Gasteiger partial charge on any atom is -0.336 e. The molecule has 1 N–H and O–H groups in total. The molecule has 4 rings (SSSR count). The first kappa shape index (κ1) is 17.9. The number of carbonyl (C=O) groups is 1. The molecule has 2 aromatic carbocycles. The molecule has 0 spiro atoms. The topological polar surface area (TPSA) is 68.9 Å². The zero-order valence-electron chi connectivity index (χ0n) is 15.4. The van der Waals surface area contributed by atoms with Gasteiger partial charge >= 0.3 is 0 Å². The number of rotatable bonds is 5. The van der Waals surface area contributed by atoms with Crippen LogP contribution in [-0.4, -0.2) is 20.3 Å². The Balaban J connectivity index is 1.74. The number of fused-ring (bicyclic) bond motifs is 3. The van der Waals surface area contributed by atoms with Crippen molar-refractivity contribution in [1.82, 2.24) is 14.3 Å². The van der Waals surface area contributed by atoms with Gasteiger partial charge in [0.2, 0.25) is 5.91 Å². The number of halogens is 1. The molecular formula is C21H19FN4O2. The fraction of sp³-hybridized carbons (Fsp3) is 0.190. The number of hydrogen-bond donors (Lipinski definition) is 1. The predicted molar refractivity (Wildman–Crippen MR) is 107 cm³/mol. The van der Waals surface area contributed by atoms with E-state index in [1.165, 1.54) is 18.2 Å². The molecule has 0 saturated heterocycles. The number of nitrogens with zero attached hydrogens (tertiary/aromatic N) is 3. The van der Waals surface area contributed by atoms with E-state index in [0.29, 0.717) is 12.1 Å². The monoisotopic (exact) mass is 378 g/mol. The van der Waals surface area contributed by atoms with Crippen molar-refractivity contribution in [1.29, 1.82) is 0 Å². The summed E-state index contributed by atoms with van der Waals surface area (Å²) in [5.74, 6) is -1.05. The van der Waals surface area contributed by atoms with Gasteiger partial charge in [-0.25, -0.2) is 9.07 Å². The number of aromatic nitrogens is 3. The van der Waals surface area contributed by atoms with E-state index in [1.807, 2.05) is 35.8 Å². The van der Waals surface area contributed by atoms with Gasteiger partial charge in [-0.3, -0.25) is 9.59 Å². The van der Waals surface area contributed by atoms with E-state index >= 15 is 0 Å². The van der Waals surface area contributed by atoms with Crippen molar-refractivity contribution < 1.29 is 9.18 Å². The van der Waals surface area contributed by atoms with Crippen LogP contribution in [0.25, 0.3) is 21.8 Å². The van der Waals surface area contributed by atoms with E-state index in [9.17, 15) is 14.0 Å². The molecule has 0 unspecified atom stereocenters. The summed E-state index contributed by atoms with van der Waals surface area (Å²) in [6.07, 6.45) is 2.48. The van der Waals surface area contributed by atoms with Gasteiger partial charge in [0.25, 0.3) is 5.56 Å². The Bertz CT molecular complexity index is 1240. The molecule has 0 bridgehead atoms. The van der Waals surface area contributed by atoms with Gasteiger partial charge in [-0.2, -0.15) is 5.10 Å². The second-order valence-corrected chi connectivity index (χ2v) is 6.57. The second-order valence-electron chi connectivity index (χ2n) is 6.57. The maximum absolute atomic E-state index is 13.7. The molecule has 7 heteroatoms. The summed E-state index contributed by atoms with van der Waals surface area (Å²) in [5.41, 5.74) is 1.22. The molecule has 0 aliphatic heterocycles. The molecule has 1 amide bonds. The summed E-state index contributed by atoms with van der Waals surface area (Å²) in [6, 6.07) is 13.7. The molecule has 2 heterocycles. The first-order valence-electron chi connectivity index (χ1n) is 9.11. The highest BCUT2D eigenvalue weighted by molar-refractivity contribution is 6.07. The number of amides is 1. The lowest BCUT2D eigenvalue weighted by Gasteiger charge is -2.09. The minimum absolute atomic E-state index is 0.0710. The first-order chi connectivity index (χ1) is 13.6. The Morgan fingerprint density at radius 2 is 1.86 bits per heavy atom. The van der Waals surface area contributed by atoms with Crippen LogP contribution in [0.4, 0.5) is 10.1 Å². The van der Waals surface area contributed by atoms with Gasteiger partial charge in [-0.05, 0) is 24.6 Å². The zero-order chi connectivity index (χ0) is 19.7. The van der Waals surface area contributed by atoms with Crippen LogP contribution < -0.4 is 10.9 Å². The normalized spacial score (nSPS) is 11.2. The fourth-order valence-corrected chi connectivity index (χ4v) is 3.45. The Morgan fingerprint density at radius 3 is 2.64 bits per heavy atom. The van der Waals surface area contributed by atoms with E-state index in [0.717, 1.165) is 27.4 Å². The van der Waals surface area contributed by atoms with Gasteiger partial charge in [-0.1, -0.05) is 37.3 Å². The van der Waals surface area contributed by atoms with Crippen molar-refractivity contribution in [2.24, 2.45) is 0 Å². The summed E-state index contributed by atoms with van der Waals surface area (Å²) in [6.45, 7) is 2.43. The van der Waals surface area contributed by atoms with E-state index in [1.54, 1.807) is 12.3 Å². The van der Waals surface area contributed by atoms with Crippen molar-refractivity contribution >= 4 is 33.4 Å². The van der Waals surface area contributed by atoms with Crippen LogP contribution >= 0.6 is 0 Å². The third-order valence-electron chi connectivity index (χ3n) is 4.66. The summed E-state index contributed by atoms with van der Waals surface area (Å²) in [5, 5.41) is 8.37. The highest BCUT2D eigenvalue weighted by Crippen LogP contribution is 2.26. The Labute approximate surface area is 160 Å². The summed E-state index contributed by atoms with van der Waals surface area (Å²) < 4.78 is 16.8. The van der Waals surface area contributed by atoms with Crippen LogP contribution in [-0.2, 0) is 17.9 Å². The Kier molecular flexibility index (Phi) is 4.65. The molecule has 0 fully saturated rings. The van der Waals surface area contributed by atoms with E-state index in [4.69, 9.17) is 0 Å². The molecule has 142 valence electrons.